The van der Waals surface area contributed by atoms with Crippen molar-refractivity contribution in [3.8, 4) is 0 Å². The van der Waals surface area contributed by atoms with Gasteiger partial charge in [0, 0.05) is 0 Å². The summed E-state index contributed by atoms with van der Waals surface area (Å²) in [7, 11) is 0. The zero-order valence-corrected chi connectivity index (χ0v) is 13.8. The maximum Gasteiger partial charge on any atom is 0.335 e. The Morgan fingerprint density at radius 1 is 1.08 bits per heavy atom. The van der Waals surface area contributed by atoms with E-state index >= 15 is 0 Å². The molecule has 2 aromatic rings. The molecule has 2 bridgehead atoms. The van der Waals surface area contributed by atoms with Crippen molar-refractivity contribution in [2.24, 2.45) is 17.8 Å². The normalized spacial score (nSPS) is 32.0. The Hall–Kier alpha value is -2.36. The first-order valence-corrected chi connectivity index (χ1v) is 9.01. The molecule has 3 nitrogen and oxygen atoms in total. The predicted octanol–water partition coefficient (Wildman–Crippen LogP) is 4.82. The van der Waals surface area contributed by atoms with E-state index in [2.05, 4.69) is 11.4 Å². The third-order valence-corrected chi connectivity index (χ3v) is 6.59. The van der Waals surface area contributed by atoms with Crippen LogP contribution in [-0.2, 0) is 0 Å². The molecule has 25 heavy (non-hydrogen) atoms. The highest BCUT2D eigenvalue weighted by molar-refractivity contribution is 5.87. The molecule has 1 heterocycles. The van der Waals surface area contributed by atoms with Crippen molar-refractivity contribution in [1.82, 2.24) is 0 Å². The summed E-state index contributed by atoms with van der Waals surface area (Å²) in [5.41, 5.74) is 3.12. The fourth-order valence-corrected chi connectivity index (χ4v) is 5.64. The molecule has 0 amide bonds. The lowest BCUT2D eigenvalue weighted by atomic mass is 9.68. The van der Waals surface area contributed by atoms with Gasteiger partial charge in [0.25, 0.3) is 0 Å². The van der Waals surface area contributed by atoms with Crippen LogP contribution in [-0.4, -0.2) is 11.1 Å². The average Bonchev–Trinajstić information content (AvgIpc) is 3.24. The van der Waals surface area contributed by atoms with Crippen molar-refractivity contribution in [3.05, 3.63) is 65.0 Å². The number of halogens is 1. The van der Waals surface area contributed by atoms with Crippen LogP contribution in [0.2, 0.25) is 0 Å². The number of para-hydroxylation sites is 1. The lowest BCUT2D eigenvalue weighted by molar-refractivity contribution is 0.0697. The molecule has 0 saturated heterocycles. The number of benzene rings is 2. The topological polar surface area (TPSA) is 49.3 Å². The van der Waals surface area contributed by atoms with Gasteiger partial charge >= 0.3 is 5.97 Å². The highest BCUT2D eigenvalue weighted by Gasteiger charge is 2.54. The summed E-state index contributed by atoms with van der Waals surface area (Å²) < 4.78 is 14.5. The van der Waals surface area contributed by atoms with Gasteiger partial charge in [-0.3, -0.25) is 0 Å². The summed E-state index contributed by atoms with van der Waals surface area (Å²) in [6.07, 6.45) is 3.73. The van der Waals surface area contributed by atoms with Crippen LogP contribution in [0, 0.1) is 23.6 Å². The molecule has 2 N–H and O–H groups in total. The molecule has 5 rings (SSSR count). The number of nitrogens with one attached hydrogen (secondary N) is 1. The van der Waals surface area contributed by atoms with Crippen LogP contribution in [0.1, 0.15) is 52.7 Å². The molecule has 2 saturated carbocycles. The predicted molar refractivity (Wildman–Crippen MR) is 93.2 cm³/mol. The van der Waals surface area contributed by atoms with E-state index in [4.69, 9.17) is 5.11 Å². The lowest BCUT2D eigenvalue weighted by Crippen LogP contribution is -2.35. The van der Waals surface area contributed by atoms with Crippen LogP contribution in [0.5, 0.6) is 0 Å². The standard InChI is InChI=1S/C21H20FNO2/c22-16-3-1-2-15-17-13-8-9-14(10-13)18(17)19(23-20(15)16)11-4-6-12(7-5-11)21(24)25/h1-7,13-14,17-19,23H,8-10H2,(H,24,25)/t13-,14-,17+,18-,19-/m0/s1. The molecular weight excluding hydrogens is 317 g/mol. The molecule has 4 heteroatoms. The third-order valence-electron chi connectivity index (χ3n) is 6.59. The number of carboxylic acid groups (broad SMARTS) is 1. The third kappa shape index (κ3) is 2.13. The van der Waals surface area contributed by atoms with Gasteiger partial charge in [0.05, 0.1) is 17.3 Å². The summed E-state index contributed by atoms with van der Waals surface area (Å²) in [5.74, 6) is 1.09. The Labute approximate surface area is 145 Å². The molecule has 128 valence electrons. The Kier molecular flexibility index (Phi) is 3.18. The van der Waals surface area contributed by atoms with Gasteiger partial charge in [-0.1, -0.05) is 24.3 Å². The van der Waals surface area contributed by atoms with E-state index < -0.39 is 5.97 Å². The SMILES string of the molecule is O=C(O)c1ccc([C@@H]2Nc3c(F)cccc3[C@H]3[C@H]4CC[C@@H](C4)[C@@H]32)cc1. The summed E-state index contributed by atoms with van der Waals surface area (Å²) in [5, 5.41) is 12.6. The number of aromatic carboxylic acids is 1. The minimum absolute atomic E-state index is 0.0487. The van der Waals surface area contributed by atoms with Crippen LogP contribution in [0.25, 0.3) is 0 Å². The molecule has 2 aliphatic carbocycles. The van der Waals surface area contributed by atoms with Gasteiger partial charge in [-0.15, -0.1) is 0 Å². The fraction of sp³-hybridized carbons (Fsp3) is 0.381. The van der Waals surface area contributed by atoms with Crippen LogP contribution >= 0.6 is 0 Å². The minimum atomic E-state index is -0.919. The number of hydrogen-bond donors (Lipinski definition) is 2. The number of carbonyl (C=O) groups is 1. The van der Waals surface area contributed by atoms with Gasteiger partial charge in [-0.2, -0.15) is 0 Å². The van der Waals surface area contributed by atoms with E-state index in [0.717, 1.165) is 11.1 Å². The Balaban J connectivity index is 1.60. The van der Waals surface area contributed by atoms with Crippen molar-refractivity contribution in [2.75, 3.05) is 5.32 Å². The summed E-state index contributed by atoms with van der Waals surface area (Å²) >= 11 is 0. The van der Waals surface area contributed by atoms with Crippen LogP contribution in [0.4, 0.5) is 10.1 Å². The van der Waals surface area contributed by atoms with Crippen molar-refractivity contribution in [1.29, 1.82) is 0 Å². The highest BCUT2D eigenvalue weighted by Crippen LogP contribution is 2.63. The quantitative estimate of drug-likeness (QED) is 0.826. The van der Waals surface area contributed by atoms with Gasteiger partial charge in [0.15, 0.2) is 0 Å². The maximum atomic E-state index is 14.5. The summed E-state index contributed by atoms with van der Waals surface area (Å²) in [4.78, 5) is 11.1. The first-order valence-electron chi connectivity index (χ1n) is 9.01. The minimum Gasteiger partial charge on any atom is -0.478 e. The Morgan fingerprint density at radius 3 is 2.60 bits per heavy atom. The molecule has 0 aromatic heterocycles. The van der Waals surface area contributed by atoms with E-state index in [1.807, 2.05) is 18.2 Å². The smallest absolute Gasteiger partial charge is 0.335 e. The summed E-state index contributed by atoms with van der Waals surface area (Å²) in [6.45, 7) is 0. The first-order chi connectivity index (χ1) is 12.1. The molecule has 0 spiro atoms. The molecule has 3 aliphatic rings. The average molecular weight is 337 g/mol. The van der Waals surface area contributed by atoms with Crippen LogP contribution in [0.3, 0.4) is 0 Å². The maximum absolute atomic E-state index is 14.5. The first kappa shape index (κ1) is 14.9. The molecule has 1 aliphatic heterocycles. The van der Waals surface area contributed by atoms with Gasteiger partial charge in [0.2, 0.25) is 0 Å². The second-order valence-corrected chi connectivity index (χ2v) is 7.69. The van der Waals surface area contributed by atoms with Gasteiger partial charge in [-0.05, 0) is 72.3 Å². The van der Waals surface area contributed by atoms with Crippen molar-refractivity contribution in [2.45, 2.75) is 31.2 Å². The number of fused-ring (bicyclic) bond motifs is 7. The van der Waals surface area contributed by atoms with Crippen LogP contribution < -0.4 is 5.32 Å². The molecule has 2 fully saturated rings. The van der Waals surface area contributed by atoms with Crippen molar-refractivity contribution >= 4 is 11.7 Å². The number of hydrogen-bond acceptors (Lipinski definition) is 2. The zero-order chi connectivity index (χ0) is 17.1. The van der Waals surface area contributed by atoms with E-state index in [0.29, 0.717) is 29.4 Å². The van der Waals surface area contributed by atoms with Gasteiger partial charge in [-0.25, -0.2) is 9.18 Å². The van der Waals surface area contributed by atoms with Crippen molar-refractivity contribution < 1.29 is 14.3 Å². The number of rotatable bonds is 2. The Bertz CT molecular complexity index is 847. The lowest BCUT2D eigenvalue weighted by Gasteiger charge is -2.43. The molecule has 5 atom stereocenters. The molecule has 0 unspecified atom stereocenters. The number of carboxylic acids is 1. The summed E-state index contributed by atoms with van der Waals surface area (Å²) in [6, 6.07) is 12.5. The van der Waals surface area contributed by atoms with Gasteiger partial charge < -0.3 is 10.4 Å². The van der Waals surface area contributed by atoms with Gasteiger partial charge in [0.1, 0.15) is 5.82 Å². The van der Waals surface area contributed by atoms with E-state index in [9.17, 15) is 9.18 Å². The highest BCUT2D eigenvalue weighted by atomic mass is 19.1. The van der Waals surface area contributed by atoms with Crippen molar-refractivity contribution in [3.63, 3.8) is 0 Å². The van der Waals surface area contributed by atoms with E-state index in [1.54, 1.807) is 12.1 Å². The van der Waals surface area contributed by atoms with Crippen LogP contribution in [0.15, 0.2) is 42.5 Å². The fourth-order valence-electron chi connectivity index (χ4n) is 5.64. The van der Waals surface area contributed by atoms with E-state index in [-0.39, 0.29) is 17.4 Å². The largest absolute Gasteiger partial charge is 0.478 e. The molecular formula is C21H20FNO2. The second kappa shape index (κ2) is 5.32. The zero-order valence-electron chi connectivity index (χ0n) is 13.8. The van der Waals surface area contributed by atoms with E-state index in [1.165, 1.54) is 25.3 Å². The monoisotopic (exact) mass is 337 g/mol. The number of anilines is 1. The molecule has 0 radical (unpaired) electrons. The Morgan fingerprint density at radius 2 is 1.84 bits per heavy atom. The molecule has 2 aromatic carbocycles. The second-order valence-electron chi connectivity index (χ2n) is 7.69.